The Labute approximate surface area is 148 Å². The number of nitrogens with one attached hydrogen (secondary N) is 1. The number of H-pyrrole nitrogens is 1. The van der Waals surface area contributed by atoms with Crippen LogP contribution in [0.5, 0.6) is 0 Å². The van der Waals surface area contributed by atoms with Crippen LogP contribution in [0.2, 0.25) is 0 Å². The van der Waals surface area contributed by atoms with Crippen molar-refractivity contribution in [1.82, 2.24) is 4.98 Å². The molecule has 0 amide bonds. The molecule has 0 aliphatic carbocycles. The molecule has 2 aromatic carbocycles. The molecule has 1 heterocycles. The summed E-state index contributed by atoms with van der Waals surface area (Å²) in [7, 11) is 0. The first-order chi connectivity index (χ1) is 12.0. The van der Waals surface area contributed by atoms with Gasteiger partial charge in [-0.1, -0.05) is 49.4 Å². The molecule has 3 nitrogen and oxygen atoms in total. The quantitative estimate of drug-likeness (QED) is 0.632. The second-order valence-corrected chi connectivity index (χ2v) is 6.60. The van der Waals surface area contributed by atoms with E-state index in [2.05, 4.69) is 18.0 Å². The maximum absolute atomic E-state index is 13.1. The van der Waals surface area contributed by atoms with E-state index in [0.29, 0.717) is 12.0 Å². The zero-order valence-corrected chi connectivity index (χ0v) is 14.9. The summed E-state index contributed by atoms with van der Waals surface area (Å²) < 4.78 is 0. The zero-order chi connectivity index (χ0) is 18.0. The Bertz CT molecular complexity index is 922. The Hall–Kier alpha value is -2.68. The van der Waals surface area contributed by atoms with Crippen molar-refractivity contribution in [2.45, 2.75) is 39.5 Å². The molecule has 0 bridgehead atoms. The van der Waals surface area contributed by atoms with Gasteiger partial charge in [-0.3, -0.25) is 4.79 Å². The van der Waals surface area contributed by atoms with Crippen molar-refractivity contribution in [3.63, 3.8) is 0 Å². The first-order valence-electron chi connectivity index (χ1n) is 8.73. The Balaban J connectivity index is 2.21. The van der Waals surface area contributed by atoms with Crippen LogP contribution in [0.1, 0.15) is 59.8 Å². The number of aryl methyl sites for hydroxylation is 1. The fraction of sp³-hybridized carbons (Fsp3) is 0.273. The van der Waals surface area contributed by atoms with Crippen LogP contribution < -0.4 is 0 Å². The lowest BCUT2D eigenvalue weighted by Gasteiger charge is -2.16. The maximum Gasteiger partial charge on any atom is 0.195 e. The average Bonchev–Trinajstić information content (AvgIpc) is 2.95. The Morgan fingerprint density at radius 2 is 1.76 bits per heavy atom. The topological polar surface area (TPSA) is 49.9 Å². The summed E-state index contributed by atoms with van der Waals surface area (Å²) in [5, 5.41) is 0.960. The van der Waals surface area contributed by atoms with E-state index in [1.807, 2.05) is 49.4 Å². The van der Waals surface area contributed by atoms with Gasteiger partial charge >= 0.3 is 0 Å². The van der Waals surface area contributed by atoms with Crippen LogP contribution in [0, 0.1) is 6.92 Å². The number of carbonyl (C=O) groups is 2. The minimum Gasteiger partial charge on any atom is -0.358 e. The van der Waals surface area contributed by atoms with Crippen molar-refractivity contribution < 1.29 is 9.59 Å². The molecule has 128 valence electrons. The van der Waals surface area contributed by atoms with Gasteiger partial charge in [0.25, 0.3) is 0 Å². The van der Waals surface area contributed by atoms with E-state index >= 15 is 0 Å². The normalized spacial score (nSPS) is 12.3. The van der Waals surface area contributed by atoms with Crippen molar-refractivity contribution in [3.05, 3.63) is 70.9 Å². The third-order valence-electron chi connectivity index (χ3n) is 4.77. The minimum absolute atomic E-state index is 0.0227. The molecule has 0 fully saturated rings. The molecule has 0 aliphatic rings. The number of Topliss-reactive ketones (excluding diaryl/α,β-unsaturated/α-hetero) is 1. The van der Waals surface area contributed by atoms with E-state index in [-0.39, 0.29) is 17.5 Å². The highest BCUT2D eigenvalue weighted by molar-refractivity contribution is 6.18. The lowest BCUT2D eigenvalue weighted by atomic mass is 9.87. The fourth-order valence-electron chi connectivity index (χ4n) is 3.58. The molecule has 0 saturated carbocycles. The van der Waals surface area contributed by atoms with Crippen LogP contribution >= 0.6 is 0 Å². The summed E-state index contributed by atoms with van der Waals surface area (Å²) in [5.74, 6) is 0.320. The van der Waals surface area contributed by atoms with Crippen LogP contribution in [0.25, 0.3) is 10.9 Å². The van der Waals surface area contributed by atoms with Gasteiger partial charge in [-0.25, -0.2) is 0 Å². The van der Waals surface area contributed by atoms with Gasteiger partial charge in [0.1, 0.15) is 5.78 Å². The smallest absolute Gasteiger partial charge is 0.195 e. The summed E-state index contributed by atoms with van der Waals surface area (Å²) in [6.45, 7) is 5.65. The van der Waals surface area contributed by atoms with Gasteiger partial charge in [0.2, 0.25) is 0 Å². The van der Waals surface area contributed by atoms with Crippen molar-refractivity contribution >= 4 is 22.5 Å². The predicted octanol–water partition coefficient (Wildman–Crippen LogP) is 5.18. The third kappa shape index (κ3) is 3.27. The molecule has 25 heavy (non-hydrogen) atoms. The molecule has 1 N–H and O–H groups in total. The number of rotatable bonds is 6. The second-order valence-electron chi connectivity index (χ2n) is 6.60. The molecule has 3 aromatic rings. The summed E-state index contributed by atoms with van der Waals surface area (Å²) in [6.07, 6.45) is 1.36. The number of aromatic amines is 1. The van der Waals surface area contributed by atoms with Crippen LogP contribution in [-0.2, 0) is 4.79 Å². The number of ketones is 2. The number of fused-ring (bicyclic) bond motifs is 1. The number of aromatic nitrogens is 1. The Kier molecular flexibility index (Phi) is 4.84. The Morgan fingerprint density at radius 1 is 1.04 bits per heavy atom. The van der Waals surface area contributed by atoms with E-state index < -0.39 is 0 Å². The van der Waals surface area contributed by atoms with Gasteiger partial charge in [0.15, 0.2) is 5.78 Å². The van der Waals surface area contributed by atoms with E-state index in [4.69, 9.17) is 0 Å². The van der Waals surface area contributed by atoms with Gasteiger partial charge in [0, 0.05) is 28.6 Å². The predicted molar refractivity (Wildman–Crippen MR) is 101 cm³/mol. The van der Waals surface area contributed by atoms with Crippen molar-refractivity contribution in [2.75, 3.05) is 0 Å². The summed E-state index contributed by atoms with van der Waals surface area (Å²) in [4.78, 5) is 28.2. The lowest BCUT2D eigenvalue weighted by molar-refractivity contribution is -0.117. The molecule has 3 rings (SSSR count). The van der Waals surface area contributed by atoms with E-state index in [1.165, 1.54) is 0 Å². The first-order valence-corrected chi connectivity index (χ1v) is 8.73. The second kappa shape index (κ2) is 7.06. The van der Waals surface area contributed by atoms with Gasteiger partial charge in [-0.15, -0.1) is 0 Å². The van der Waals surface area contributed by atoms with Crippen LogP contribution in [0.3, 0.4) is 0 Å². The third-order valence-corrected chi connectivity index (χ3v) is 4.77. The van der Waals surface area contributed by atoms with Gasteiger partial charge in [-0.05, 0) is 37.8 Å². The van der Waals surface area contributed by atoms with E-state index in [0.717, 1.165) is 34.1 Å². The van der Waals surface area contributed by atoms with Crippen LogP contribution in [0.15, 0.2) is 48.5 Å². The largest absolute Gasteiger partial charge is 0.358 e. The zero-order valence-electron chi connectivity index (χ0n) is 14.9. The molecule has 0 aliphatic heterocycles. The SMILES string of the molecule is CCC(CC(C)=O)c1cccc2[nH]c(C)c(C(=O)c3ccccc3)c12. The van der Waals surface area contributed by atoms with Crippen molar-refractivity contribution in [2.24, 2.45) is 0 Å². The highest BCUT2D eigenvalue weighted by Gasteiger charge is 2.23. The summed E-state index contributed by atoms with van der Waals surface area (Å²) >= 11 is 0. The molecular formula is C22H23NO2. The number of hydrogen-bond donors (Lipinski definition) is 1. The molecule has 1 atom stereocenters. The highest BCUT2D eigenvalue weighted by atomic mass is 16.1. The van der Waals surface area contributed by atoms with E-state index in [9.17, 15) is 9.59 Å². The molecule has 3 heteroatoms. The molecule has 0 spiro atoms. The standard InChI is InChI=1S/C22H23NO2/c1-4-16(13-14(2)24)18-11-8-12-19-21(18)20(15(3)23-19)22(25)17-9-6-5-7-10-17/h5-12,16,23H,4,13H2,1-3H3. The van der Waals surface area contributed by atoms with Gasteiger partial charge in [0.05, 0.1) is 5.56 Å². The number of hydrogen-bond acceptors (Lipinski definition) is 2. The summed E-state index contributed by atoms with van der Waals surface area (Å²) in [5.41, 5.74) is 4.31. The molecule has 1 unspecified atom stereocenters. The van der Waals surface area contributed by atoms with Gasteiger partial charge < -0.3 is 9.78 Å². The molecule has 0 radical (unpaired) electrons. The lowest BCUT2D eigenvalue weighted by Crippen LogP contribution is -2.07. The molecule has 0 saturated heterocycles. The monoisotopic (exact) mass is 333 g/mol. The average molecular weight is 333 g/mol. The Morgan fingerprint density at radius 3 is 2.40 bits per heavy atom. The summed E-state index contributed by atoms with van der Waals surface area (Å²) in [6, 6.07) is 15.4. The van der Waals surface area contributed by atoms with Crippen molar-refractivity contribution in [3.8, 4) is 0 Å². The maximum atomic E-state index is 13.1. The fourth-order valence-corrected chi connectivity index (χ4v) is 3.58. The van der Waals surface area contributed by atoms with E-state index in [1.54, 1.807) is 6.92 Å². The first kappa shape index (κ1) is 17.2. The number of benzene rings is 2. The van der Waals surface area contributed by atoms with Crippen LogP contribution in [-0.4, -0.2) is 16.6 Å². The molecular weight excluding hydrogens is 310 g/mol. The van der Waals surface area contributed by atoms with Crippen molar-refractivity contribution in [1.29, 1.82) is 0 Å². The highest BCUT2D eigenvalue weighted by Crippen LogP contribution is 2.35. The number of carbonyl (C=O) groups excluding carboxylic acids is 2. The minimum atomic E-state index is 0.0227. The molecule has 1 aromatic heterocycles. The van der Waals surface area contributed by atoms with Gasteiger partial charge in [-0.2, -0.15) is 0 Å². The van der Waals surface area contributed by atoms with Crippen LogP contribution in [0.4, 0.5) is 0 Å².